The third-order valence-corrected chi connectivity index (χ3v) is 4.34. The van der Waals surface area contributed by atoms with Gasteiger partial charge in [-0.3, -0.25) is 4.79 Å². The van der Waals surface area contributed by atoms with Gasteiger partial charge in [-0.15, -0.1) is 11.8 Å². The number of anilines is 1. The van der Waals surface area contributed by atoms with Crippen molar-refractivity contribution >= 4 is 23.4 Å². The summed E-state index contributed by atoms with van der Waals surface area (Å²) in [5.74, 6) is 1.34. The molecule has 1 saturated heterocycles. The number of carbonyl (C=O) groups is 1. The number of nitrogens with one attached hydrogen (secondary N) is 1. The van der Waals surface area contributed by atoms with Crippen LogP contribution < -0.4 is 11.1 Å². The van der Waals surface area contributed by atoms with Crippen molar-refractivity contribution in [3.8, 4) is 0 Å². The molecule has 0 aliphatic carbocycles. The molecule has 2 rings (SSSR count). The average molecular weight is 280 g/mol. The largest absolute Gasteiger partial charge is 0.381 e. The summed E-state index contributed by atoms with van der Waals surface area (Å²) in [4.78, 5) is 12.1. The predicted molar refractivity (Wildman–Crippen MR) is 78.4 cm³/mol. The molecule has 1 aliphatic rings. The molecule has 19 heavy (non-hydrogen) atoms. The zero-order valence-corrected chi connectivity index (χ0v) is 11.9. The minimum atomic E-state index is -0.0522. The molecule has 0 aromatic heterocycles. The third-order valence-electron chi connectivity index (χ3n) is 3.19. The highest BCUT2D eigenvalue weighted by molar-refractivity contribution is 7.99. The van der Waals surface area contributed by atoms with Crippen molar-refractivity contribution in [3.63, 3.8) is 0 Å². The molecule has 2 unspecified atom stereocenters. The summed E-state index contributed by atoms with van der Waals surface area (Å²) in [5, 5.41) is 2.75. The Labute approximate surface area is 118 Å². The lowest BCUT2D eigenvalue weighted by Crippen LogP contribution is -2.32. The number of rotatable bonds is 5. The van der Waals surface area contributed by atoms with Gasteiger partial charge in [0.25, 0.3) is 0 Å². The maximum Gasteiger partial charge on any atom is 0.221 e. The number of benzene rings is 1. The molecule has 5 heteroatoms. The van der Waals surface area contributed by atoms with E-state index in [1.807, 2.05) is 24.3 Å². The Hall–Kier alpha value is -1.04. The van der Waals surface area contributed by atoms with Gasteiger partial charge in [0, 0.05) is 41.8 Å². The first-order chi connectivity index (χ1) is 9.15. The number of hydrogen-bond donors (Lipinski definition) is 2. The summed E-state index contributed by atoms with van der Waals surface area (Å²) in [6.07, 6.45) is 1.07. The van der Waals surface area contributed by atoms with Crippen LogP contribution in [0.4, 0.5) is 5.69 Å². The number of thioether (sulfide) groups is 1. The second kappa shape index (κ2) is 6.93. The van der Waals surface area contributed by atoms with E-state index in [9.17, 15) is 4.79 Å². The highest BCUT2D eigenvalue weighted by Gasteiger charge is 2.22. The molecule has 1 aromatic carbocycles. The Bertz CT molecular complexity index is 416. The maximum atomic E-state index is 10.9. The fourth-order valence-electron chi connectivity index (χ4n) is 2.06. The lowest BCUT2D eigenvalue weighted by atomic mass is 10.0. The number of ether oxygens (including phenoxy) is 1. The van der Waals surface area contributed by atoms with E-state index in [1.54, 1.807) is 11.8 Å². The van der Waals surface area contributed by atoms with Gasteiger partial charge >= 0.3 is 0 Å². The maximum absolute atomic E-state index is 10.9. The van der Waals surface area contributed by atoms with Gasteiger partial charge in [0.05, 0.1) is 6.61 Å². The van der Waals surface area contributed by atoms with Crippen LogP contribution in [0.3, 0.4) is 0 Å². The number of hydrogen-bond acceptors (Lipinski definition) is 4. The van der Waals surface area contributed by atoms with Crippen molar-refractivity contribution in [1.29, 1.82) is 0 Å². The van der Waals surface area contributed by atoms with Crippen LogP contribution >= 0.6 is 11.8 Å². The quantitative estimate of drug-likeness (QED) is 0.811. The van der Waals surface area contributed by atoms with Crippen molar-refractivity contribution in [2.24, 2.45) is 11.7 Å². The number of carbonyl (C=O) groups excluding carboxylic acids is 1. The molecule has 0 bridgehead atoms. The van der Waals surface area contributed by atoms with E-state index in [2.05, 4.69) is 5.32 Å². The number of nitrogens with two attached hydrogens (primary N) is 1. The minimum Gasteiger partial charge on any atom is -0.381 e. The summed E-state index contributed by atoms with van der Waals surface area (Å²) in [6.45, 7) is 3.14. The molecular formula is C14H20N2O2S. The van der Waals surface area contributed by atoms with E-state index in [1.165, 1.54) is 11.8 Å². The van der Waals surface area contributed by atoms with Crippen LogP contribution in [0.25, 0.3) is 0 Å². The topological polar surface area (TPSA) is 64.4 Å². The molecule has 0 spiro atoms. The molecule has 0 radical (unpaired) electrons. The van der Waals surface area contributed by atoms with Crippen LogP contribution in [-0.2, 0) is 9.53 Å². The smallest absolute Gasteiger partial charge is 0.221 e. The molecule has 1 aromatic rings. The summed E-state index contributed by atoms with van der Waals surface area (Å²) < 4.78 is 5.35. The van der Waals surface area contributed by atoms with Crippen molar-refractivity contribution in [3.05, 3.63) is 24.3 Å². The average Bonchev–Trinajstić information content (AvgIpc) is 2.91. The fourth-order valence-corrected chi connectivity index (χ4v) is 3.04. The molecule has 4 nitrogen and oxygen atoms in total. The molecular weight excluding hydrogens is 260 g/mol. The summed E-state index contributed by atoms with van der Waals surface area (Å²) in [5.41, 5.74) is 6.99. The highest BCUT2D eigenvalue weighted by Crippen LogP contribution is 2.24. The molecule has 1 amide bonds. The Balaban J connectivity index is 1.80. The van der Waals surface area contributed by atoms with Crippen molar-refractivity contribution in [2.75, 3.05) is 24.3 Å². The Morgan fingerprint density at radius 1 is 1.53 bits per heavy atom. The van der Waals surface area contributed by atoms with Gasteiger partial charge in [-0.2, -0.15) is 0 Å². The van der Waals surface area contributed by atoms with Crippen LogP contribution in [0.5, 0.6) is 0 Å². The molecule has 2 atom stereocenters. The molecule has 1 heterocycles. The van der Waals surface area contributed by atoms with Gasteiger partial charge in [0.1, 0.15) is 0 Å². The molecule has 3 N–H and O–H groups in total. The first kappa shape index (κ1) is 14.4. The first-order valence-corrected chi connectivity index (χ1v) is 7.47. The van der Waals surface area contributed by atoms with Crippen LogP contribution in [-0.4, -0.2) is 30.9 Å². The van der Waals surface area contributed by atoms with Crippen LogP contribution in [0.1, 0.15) is 13.3 Å². The van der Waals surface area contributed by atoms with E-state index in [0.717, 1.165) is 31.1 Å². The second-order valence-corrected chi connectivity index (χ2v) is 5.90. The lowest BCUT2D eigenvalue weighted by molar-refractivity contribution is -0.114. The van der Waals surface area contributed by atoms with Crippen molar-refractivity contribution in [1.82, 2.24) is 0 Å². The van der Waals surface area contributed by atoms with Gasteiger partial charge in [0.15, 0.2) is 0 Å². The van der Waals surface area contributed by atoms with Crippen LogP contribution in [0.2, 0.25) is 0 Å². The molecule has 0 saturated carbocycles. The van der Waals surface area contributed by atoms with Crippen LogP contribution in [0.15, 0.2) is 29.2 Å². The third kappa shape index (κ3) is 4.53. The Kier molecular flexibility index (Phi) is 5.24. The van der Waals surface area contributed by atoms with Crippen molar-refractivity contribution in [2.45, 2.75) is 24.3 Å². The van der Waals surface area contributed by atoms with E-state index < -0.39 is 0 Å². The zero-order chi connectivity index (χ0) is 13.7. The minimum absolute atomic E-state index is 0.0522. The molecule has 104 valence electrons. The molecule has 1 aliphatic heterocycles. The predicted octanol–water partition coefficient (Wildman–Crippen LogP) is 2.10. The van der Waals surface area contributed by atoms with Gasteiger partial charge in [0.2, 0.25) is 5.91 Å². The van der Waals surface area contributed by atoms with Gasteiger partial charge < -0.3 is 15.8 Å². The second-order valence-electron chi connectivity index (χ2n) is 4.80. The van der Waals surface area contributed by atoms with E-state index in [-0.39, 0.29) is 11.9 Å². The summed E-state index contributed by atoms with van der Waals surface area (Å²) in [6, 6.07) is 8.02. The normalized spacial score (nSPS) is 20.2. The first-order valence-electron chi connectivity index (χ1n) is 6.49. The summed E-state index contributed by atoms with van der Waals surface area (Å²) >= 11 is 1.75. The van der Waals surface area contributed by atoms with Crippen LogP contribution in [0, 0.1) is 5.92 Å². The van der Waals surface area contributed by atoms with Gasteiger partial charge in [-0.1, -0.05) is 0 Å². The van der Waals surface area contributed by atoms with E-state index >= 15 is 0 Å². The Morgan fingerprint density at radius 2 is 2.26 bits per heavy atom. The van der Waals surface area contributed by atoms with Gasteiger partial charge in [-0.05, 0) is 30.7 Å². The monoisotopic (exact) mass is 280 g/mol. The SMILES string of the molecule is CC(=O)Nc1ccc(SCC(N)C2CCOC2)cc1. The van der Waals surface area contributed by atoms with Gasteiger partial charge in [-0.25, -0.2) is 0 Å². The lowest BCUT2D eigenvalue weighted by Gasteiger charge is -2.16. The summed E-state index contributed by atoms with van der Waals surface area (Å²) in [7, 11) is 0. The standard InChI is InChI=1S/C14H20N2O2S/c1-10(17)16-12-2-4-13(5-3-12)19-9-14(15)11-6-7-18-8-11/h2-5,11,14H,6-9,15H2,1H3,(H,16,17). The zero-order valence-electron chi connectivity index (χ0n) is 11.1. The van der Waals surface area contributed by atoms with Crippen molar-refractivity contribution < 1.29 is 9.53 Å². The molecule has 1 fully saturated rings. The highest BCUT2D eigenvalue weighted by atomic mass is 32.2. The Morgan fingerprint density at radius 3 is 2.84 bits per heavy atom. The number of amides is 1. The van der Waals surface area contributed by atoms with E-state index in [4.69, 9.17) is 10.5 Å². The fraction of sp³-hybridized carbons (Fsp3) is 0.500. The van der Waals surface area contributed by atoms with E-state index in [0.29, 0.717) is 5.92 Å².